The Balaban J connectivity index is 1.57. The fourth-order valence-corrected chi connectivity index (χ4v) is 2.87. The third-order valence-electron chi connectivity index (χ3n) is 4.44. The van der Waals surface area contributed by atoms with E-state index in [-0.39, 0.29) is 0 Å². The Hall–Kier alpha value is -3.08. The SMILES string of the molecule is COc1ccc(CCNc2cc(NCc3ccccc3C)nc(C)n2)cc1. The van der Waals surface area contributed by atoms with E-state index in [4.69, 9.17) is 4.74 Å². The van der Waals surface area contributed by atoms with E-state index in [9.17, 15) is 0 Å². The predicted molar refractivity (Wildman–Crippen MR) is 110 cm³/mol. The Morgan fingerprint density at radius 3 is 2.30 bits per heavy atom. The van der Waals surface area contributed by atoms with E-state index >= 15 is 0 Å². The molecule has 140 valence electrons. The van der Waals surface area contributed by atoms with Gasteiger partial charge in [-0.05, 0) is 49.1 Å². The molecule has 0 aliphatic heterocycles. The van der Waals surface area contributed by atoms with E-state index < -0.39 is 0 Å². The molecule has 0 aliphatic rings. The molecular weight excluding hydrogens is 336 g/mol. The standard InChI is InChI=1S/C22H26N4O/c1-16-6-4-5-7-19(16)15-24-22-14-21(25-17(2)26-22)23-13-12-18-8-10-20(27-3)11-9-18/h4-11,14H,12-13,15H2,1-3H3,(H2,23,24,25,26). The summed E-state index contributed by atoms with van der Waals surface area (Å²) in [6.07, 6.45) is 0.916. The molecule has 5 nitrogen and oxygen atoms in total. The zero-order valence-electron chi connectivity index (χ0n) is 16.1. The summed E-state index contributed by atoms with van der Waals surface area (Å²) < 4.78 is 5.19. The first-order valence-corrected chi connectivity index (χ1v) is 9.15. The monoisotopic (exact) mass is 362 g/mol. The third kappa shape index (κ3) is 5.45. The molecule has 0 amide bonds. The van der Waals surface area contributed by atoms with Crippen molar-refractivity contribution in [3.63, 3.8) is 0 Å². The van der Waals surface area contributed by atoms with Gasteiger partial charge in [-0.15, -0.1) is 0 Å². The van der Waals surface area contributed by atoms with Crippen LogP contribution in [-0.4, -0.2) is 23.6 Å². The first-order valence-electron chi connectivity index (χ1n) is 9.15. The van der Waals surface area contributed by atoms with Crippen molar-refractivity contribution in [2.24, 2.45) is 0 Å². The molecular formula is C22H26N4O. The second-order valence-electron chi connectivity index (χ2n) is 6.49. The van der Waals surface area contributed by atoms with Crippen molar-refractivity contribution in [2.45, 2.75) is 26.8 Å². The number of nitrogens with zero attached hydrogens (tertiary/aromatic N) is 2. The number of aryl methyl sites for hydroxylation is 2. The van der Waals surface area contributed by atoms with Gasteiger partial charge in [-0.2, -0.15) is 0 Å². The van der Waals surface area contributed by atoms with Gasteiger partial charge in [0.1, 0.15) is 23.2 Å². The molecule has 1 heterocycles. The number of aromatic nitrogens is 2. The number of benzene rings is 2. The van der Waals surface area contributed by atoms with Gasteiger partial charge >= 0.3 is 0 Å². The van der Waals surface area contributed by atoms with Crippen LogP contribution in [0, 0.1) is 13.8 Å². The van der Waals surface area contributed by atoms with Gasteiger partial charge in [-0.25, -0.2) is 9.97 Å². The Morgan fingerprint density at radius 1 is 0.889 bits per heavy atom. The number of hydrogen-bond donors (Lipinski definition) is 2. The van der Waals surface area contributed by atoms with Crippen LogP contribution in [0.1, 0.15) is 22.5 Å². The Labute approximate surface area is 160 Å². The normalized spacial score (nSPS) is 10.5. The van der Waals surface area contributed by atoms with Gasteiger partial charge in [0.2, 0.25) is 0 Å². The maximum absolute atomic E-state index is 5.19. The molecule has 0 atom stereocenters. The van der Waals surface area contributed by atoms with Crippen molar-refractivity contribution < 1.29 is 4.74 Å². The highest BCUT2D eigenvalue weighted by Crippen LogP contribution is 2.15. The topological polar surface area (TPSA) is 59.1 Å². The number of rotatable bonds is 8. The molecule has 0 saturated heterocycles. The van der Waals surface area contributed by atoms with Crippen molar-refractivity contribution in [1.82, 2.24) is 9.97 Å². The van der Waals surface area contributed by atoms with Crippen LogP contribution in [0.15, 0.2) is 54.6 Å². The van der Waals surface area contributed by atoms with Gasteiger partial charge in [0.15, 0.2) is 0 Å². The van der Waals surface area contributed by atoms with Crippen molar-refractivity contribution in [3.05, 3.63) is 77.1 Å². The maximum Gasteiger partial charge on any atom is 0.132 e. The van der Waals surface area contributed by atoms with Crippen LogP contribution in [0.3, 0.4) is 0 Å². The van der Waals surface area contributed by atoms with E-state index in [1.165, 1.54) is 16.7 Å². The zero-order valence-corrected chi connectivity index (χ0v) is 16.1. The highest BCUT2D eigenvalue weighted by Gasteiger charge is 2.03. The molecule has 0 radical (unpaired) electrons. The summed E-state index contributed by atoms with van der Waals surface area (Å²) in [6, 6.07) is 18.5. The van der Waals surface area contributed by atoms with Crippen molar-refractivity contribution >= 4 is 11.6 Å². The molecule has 0 aliphatic carbocycles. The van der Waals surface area contributed by atoms with Gasteiger partial charge in [0.25, 0.3) is 0 Å². The van der Waals surface area contributed by atoms with Gasteiger partial charge in [-0.1, -0.05) is 36.4 Å². The van der Waals surface area contributed by atoms with Crippen LogP contribution in [0.25, 0.3) is 0 Å². The molecule has 0 bridgehead atoms. The highest BCUT2D eigenvalue weighted by molar-refractivity contribution is 5.48. The summed E-state index contributed by atoms with van der Waals surface area (Å²) in [5.41, 5.74) is 3.79. The molecule has 0 saturated carbocycles. The van der Waals surface area contributed by atoms with Crippen molar-refractivity contribution in [2.75, 3.05) is 24.3 Å². The minimum absolute atomic E-state index is 0.744. The molecule has 2 N–H and O–H groups in total. The van der Waals surface area contributed by atoms with Crippen LogP contribution in [-0.2, 0) is 13.0 Å². The Bertz CT molecular complexity index is 878. The molecule has 2 aromatic carbocycles. The van der Waals surface area contributed by atoms with Crippen LogP contribution in [0.4, 0.5) is 11.6 Å². The first kappa shape index (κ1) is 18.7. The first-order chi connectivity index (χ1) is 13.1. The molecule has 1 aromatic heterocycles. The van der Waals surface area contributed by atoms with Crippen LogP contribution >= 0.6 is 0 Å². The van der Waals surface area contributed by atoms with Crippen LogP contribution in [0.5, 0.6) is 5.75 Å². The lowest BCUT2D eigenvalue weighted by molar-refractivity contribution is 0.414. The Morgan fingerprint density at radius 2 is 1.59 bits per heavy atom. The average molecular weight is 362 g/mol. The quantitative estimate of drug-likeness (QED) is 0.623. The lowest BCUT2D eigenvalue weighted by Gasteiger charge is -2.11. The van der Waals surface area contributed by atoms with Crippen molar-refractivity contribution in [1.29, 1.82) is 0 Å². The summed E-state index contributed by atoms with van der Waals surface area (Å²) in [4.78, 5) is 8.97. The molecule has 0 unspecified atom stereocenters. The smallest absolute Gasteiger partial charge is 0.132 e. The molecule has 3 rings (SSSR count). The van der Waals surface area contributed by atoms with E-state index in [1.54, 1.807) is 7.11 Å². The van der Waals surface area contributed by atoms with Gasteiger partial charge in [0, 0.05) is 19.2 Å². The van der Waals surface area contributed by atoms with E-state index in [0.717, 1.165) is 42.7 Å². The van der Waals surface area contributed by atoms with Crippen LogP contribution in [0.2, 0.25) is 0 Å². The van der Waals surface area contributed by atoms with E-state index in [1.807, 2.05) is 25.1 Å². The number of methoxy groups -OCH3 is 1. The predicted octanol–water partition coefficient (Wildman–Crippen LogP) is 4.37. The third-order valence-corrected chi connectivity index (χ3v) is 4.44. The van der Waals surface area contributed by atoms with Gasteiger partial charge < -0.3 is 15.4 Å². The Kier molecular flexibility index (Phi) is 6.26. The molecule has 27 heavy (non-hydrogen) atoms. The second-order valence-corrected chi connectivity index (χ2v) is 6.49. The molecule has 0 spiro atoms. The number of ether oxygens (including phenoxy) is 1. The van der Waals surface area contributed by atoms with E-state index in [2.05, 4.69) is 63.9 Å². The zero-order chi connectivity index (χ0) is 19.1. The maximum atomic E-state index is 5.19. The summed E-state index contributed by atoms with van der Waals surface area (Å²) in [6.45, 7) is 5.58. The molecule has 3 aromatic rings. The van der Waals surface area contributed by atoms with Crippen LogP contribution < -0.4 is 15.4 Å². The average Bonchev–Trinajstić information content (AvgIpc) is 2.67. The van der Waals surface area contributed by atoms with Gasteiger partial charge in [0.05, 0.1) is 7.11 Å². The highest BCUT2D eigenvalue weighted by atomic mass is 16.5. The number of anilines is 2. The van der Waals surface area contributed by atoms with Crippen molar-refractivity contribution in [3.8, 4) is 5.75 Å². The minimum atomic E-state index is 0.744. The van der Waals surface area contributed by atoms with E-state index in [0.29, 0.717) is 0 Å². The summed E-state index contributed by atoms with van der Waals surface area (Å²) in [5, 5.41) is 6.79. The number of hydrogen-bond acceptors (Lipinski definition) is 5. The lowest BCUT2D eigenvalue weighted by Crippen LogP contribution is -2.09. The van der Waals surface area contributed by atoms with Gasteiger partial charge in [-0.3, -0.25) is 0 Å². The number of nitrogens with one attached hydrogen (secondary N) is 2. The summed E-state index contributed by atoms with van der Waals surface area (Å²) >= 11 is 0. The summed E-state index contributed by atoms with van der Waals surface area (Å²) in [5.74, 6) is 3.29. The second kappa shape index (κ2) is 9.03. The summed E-state index contributed by atoms with van der Waals surface area (Å²) in [7, 11) is 1.68. The molecule has 0 fully saturated rings. The lowest BCUT2D eigenvalue weighted by atomic mass is 10.1. The molecule has 5 heteroatoms. The fraction of sp³-hybridized carbons (Fsp3) is 0.273. The minimum Gasteiger partial charge on any atom is -0.497 e. The largest absolute Gasteiger partial charge is 0.497 e. The fourth-order valence-electron chi connectivity index (χ4n) is 2.87.